The molecule has 2 saturated carbocycles. The molecule has 0 atom stereocenters. The predicted octanol–water partition coefficient (Wildman–Crippen LogP) is 3.95. The second-order valence-corrected chi connectivity index (χ2v) is 4.66. The van der Waals surface area contributed by atoms with E-state index in [1.807, 2.05) is 0 Å². The van der Waals surface area contributed by atoms with E-state index in [1.54, 1.807) is 11.1 Å². The normalized spacial score (nSPS) is 19.6. The first kappa shape index (κ1) is 8.28. The molecule has 0 aromatic heterocycles. The van der Waals surface area contributed by atoms with Crippen molar-refractivity contribution in [2.75, 3.05) is 0 Å². The summed E-state index contributed by atoms with van der Waals surface area (Å²) < 4.78 is 0. The zero-order valence-electron chi connectivity index (χ0n) is 8.72. The highest BCUT2D eigenvalue weighted by Gasteiger charge is 2.32. The Labute approximate surface area is 85.6 Å². The van der Waals surface area contributed by atoms with Crippen molar-refractivity contribution >= 4 is 5.57 Å². The molecule has 0 radical (unpaired) electrons. The van der Waals surface area contributed by atoms with Crippen molar-refractivity contribution in [3.63, 3.8) is 0 Å². The van der Waals surface area contributed by atoms with Crippen molar-refractivity contribution in [2.45, 2.75) is 32.6 Å². The molecule has 0 spiro atoms. The Hall–Kier alpha value is -1.04. The zero-order chi connectivity index (χ0) is 9.54. The first-order valence-electron chi connectivity index (χ1n) is 5.63. The monoisotopic (exact) mass is 184 g/mol. The minimum atomic E-state index is 0.912. The number of aryl methyl sites for hydroxylation is 1. The van der Waals surface area contributed by atoms with Gasteiger partial charge in [0.1, 0.15) is 0 Å². The van der Waals surface area contributed by atoms with Gasteiger partial charge in [-0.25, -0.2) is 0 Å². The standard InChI is InChI=1S/C14H16/c1-10-2-4-11(5-3-10)14(12-6-7-12)13-8-9-13/h2-5,12H,6-9H2,1H3. The van der Waals surface area contributed by atoms with E-state index in [0.29, 0.717) is 0 Å². The Morgan fingerprint density at radius 3 is 2.21 bits per heavy atom. The van der Waals surface area contributed by atoms with Crippen molar-refractivity contribution in [3.8, 4) is 0 Å². The maximum atomic E-state index is 2.30. The fourth-order valence-corrected chi connectivity index (χ4v) is 2.17. The molecule has 3 rings (SSSR count). The van der Waals surface area contributed by atoms with Gasteiger partial charge >= 0.3 is 0 Å². The molecule has 0 amide bonds. The molecule has 2 aliphatic rings. The van der Waals surface area contributed by atoms with Crippen LogP contribution in [0.25, 0.3) is 5.57 Å². The van der Waals surface area contributed by atoms with Gasteiger partial charge in [-0.15, -0.1) is 0 Å². The lowest BCUT2D eigenvalue weighted by Gasteiger charge is -2.06. The fraction of sp³-hybridized carbons (Fsp3) is 0.429. The second-order valence-electron chi connectivity index (χ2n) is 4.66. The predicted molar refractivity (Wildman–Crippen MR) is 60.1 cm³/mol. The highest BCUT2D eigenvalue weighted by Crippen LogP contribution is 2.49. The lowest BCUT2D eigenvalue weighted by atomic mass is 9.99. The van der Waals surface area contributed by atoms with Crippen LogP contribution < -0.4 is 0 Å². The number of allylic oxidation sites excluding steroid dienone is 2. The van der Waals surface area contributed by atoms with Crippen LogP contribution in [0.1, 0.15) is 36.8 Å². The molecule has 2 fully saturated rings. The Morgan fingerprint density at radius 1 is 1.07 bits per heavy atom. The largest absolute Gasteiger partial charge is 0.0655 e. The van der Waals surface area contributed by atoms with E-state index in [0.717, 1.165) is 5.92 Å². The number of hydrogen-bond acceptors (Lipinski definition) is 0. The van der Waals surface area contributed by atoms with E-state index in [4.69, 9.17) is 0 Å². The summed E-state index contributed by atoms with van der Waals surface area (Å²) in [4.78, 5) is 0. The van der Waals surface area contributed by atoms with E-state index < -0.39 is 0 Å². The summed E-state index contributed by atoms with van der Waals surface area (Å²) in [5.41, 5.74) is 6.29. The van der Waals surface area contributed by atoms with Gasteiger partial charge in [0.2, 0.25) is 0 Å². The van der Waals surface area contributed by atoms with Gasteiger partial charge in [0, 0.05) is 0 Å². The summed E-state index contributed by atoms with van der Waals surface area (Å²) in [5.74, 6) is 0.912. The summed E-state index contributed by atoms with van der Waals surface area (Å²) in [6.45, 7) is 2.16. The first-order valence-corrected chi connectivity index (χ1v) is 5.63. The lowest BCUT2D eigenvalue weighted by molar-refractivity contribution is 1.14. The molecule has 72 valence electrons. The number of rotatable bonds is 2. The van der Waals surface area contributed by atoms with Crippen molar-refractivity contribution < 1.29 is 0 Å². The number of benzene rings is 1. The van der Waals surface area contributed by atoms with Gasteiger partial charge in [0.25, 0.3) is 0 Å². The molecule has 0 saturated heterocycles. The Bertz CT molecular complexity index is 371. The van der Waals surface area contributed by atoms with Gasteiger partial charge in [-0.05, 0) is 49.7 Å². The summed E-state index contributed by atoms with van der Waals surface area (Å²) >= 11 is 0. The molecule has 0 N–H and O–H groups in total. The Morgan fingerprint density at radius 2 is 1.71 bits per heavy atom. The van der Waals surface area contributed by atoms with Crippen LogP contribution in [-0.2, 0) is 0 Å². The third kappa shape index (κ3) is 1.50. The Balaban J connectivity index is 1.99. The molecule has 1 aromatic carbocycles. The van der Waals surface area contributed by atoms with Gasteiger partial charge < -0.3 is 0 Å². The topological polar surface area (TPSA) is 0 Å². The van der Waals surface area contributed by atoms with Crippen LogP contribution in [0, 0.1) is 12.8 Å². The maximum absolute atomic E-state index is 2.30. The first-order chi connectivity index (χ1) is 6.84. The fourth-order valence-electron chi connectivity index (χ4n) is 2.17. The molecule has 0 aliphatic heterocycles. The smallest absolute Gasteiger partial charge is 0.0156 e. The highest BCUT2D eigenvalue weighted by molar-refractivity contribution is 5.74. The van der Waals surface area contributed by atoms with Crippen LogP contribution >= 0.6 is 0 Å². The van der Waals surface area contributed by atoms with Gasteiger partial charge in [0.15, 0.2) is 0 Å². The van der Waals surface area contributed by atoms with Gasteiger partial charge in [-0.3, -0.25) is 0 Å². The third-order valence-electron chi connectivity index (χ3n) is 3.23. The van der Waals surface area contributed by atoms with Crippen LogP contribution in [0.2, 0.25) is 0 Å². The van der Waals surface area contributed by atoms with Crippen LogP contribution in [-0.4, -0.2) is 0 Å². The minimum Gasteiger partial charge on any atom is -0.0655 e. The molecule has 0 heterocycles. The highest BCUT2D eigenvalue weighted by atomic mass is 14.4. The molecule has 0 bridgehead atoms. The molecule has 0 nitrogen and oxygen atoms in total. The van der Waals surface area contributed by atoms with Crippen LogP contribution in [0.4, 0.5) is 0 Å². The quantitative estimate of drug-likeness (QED) is 0.652. The third-order valence-corrected chi connectivity index (χ3v) is 3.23. The van der Waals surface area contributed by atoms with E-state index in [2.05, 4.69) is 31.2 Å². The van der Waals surface area contributed by atoms with E-state index >= 15 is 0 Å². The van der Waals surface area contributed by atoms with Crippen molar-refractivity contribution in [2.24, 2.45) is 5.92 Å². The SMILES string of the molecule is Cc1ccc(C(=C2CC2)C2CC2)cc1. The Kier molecular flexibility index (Phi) is 1.76. The van der Waals surface area contributed by atoms with Gasteiger partial charge in [0.05, 0.1) is 0 Å². The van der Waals surface area contributed by atoms with Gasteiger partial charge in [-0.2, -0.15) is 0 Å². The van der Waals surface area contributed by atoms with Crippen LogP contribution in [0.5, 0.6) is 0 Å². The van der Waals surface area contributed by atoms with Crippen molar-refractivity contribution in [1.29, 1.82) is 0 Å². The average molecular weight is 184 g/mol. The van der Waals surface area contributed by atoms with E-state index in [-0.39, 0.29) is 0 Å². The summed E-state index contributed by atoms with van der Waals surface area (Å²) in [6, 6.07) is 9.07. The number of hydrogen-bond donors (Lipinski definition) is 0. The van der Waals surface area contributed by atoms with Crippen molar-refractivity contribution in [3.05, 3.63) is 41.0 Å². The molecular weight excluding hydrogens is 168 g/mol. The molecule has 0 heteroatoms. The molecular formula is C14H16. The lowest BCUT2D eigenvalue weighted by Crippen LogP contribution is -1.87. The molecule has 0 unspecified atom stereocenters. The van der Waals surface area contributed by atoms with Crippen molar-refractivity contribution in [1.82, 2.24) is 0 Å². The van der Waals surface area contributed by atoms with E-state index in [9.17, 15) is 0 Å². The van der Waals surface area contributed by atoms with Gasteiger partial charge in [-0.1, -0.05) is 35.4 Å². The zero-order valence-corrected chi connectivity index (χ0v) is 8.72. The van der Waals surface area contributed by atoms with E-state index in [1.165, 1.54) is 36.8 Å². The molecule has 14 heavy (non-hydrogen) atoms. The van der Waals surface area contributed by atoms with Crippen LogP contribution in [0.15, 0.2) is 29.8 Å². The molecule has 2 aliphatic carbocycles. The molecule has 1 aromatic rings. The summed E-state index contributed by atoms with van der Waals surface area (Å²) in [5, 5.41) is 0. The summed E-state index contributed by atoms with van der Waals surface area (Å²) in [6.07, 6.45) is 5.57. The minimum absolute atomic E-state index is 0.912. The summed E-state index contributed by atoms with van der Waals surface area (Å²) in [7, 11) is 0. The van der Waals surface area contributed by atoms with Crippen LogP contribution in [0.3, 0.4) is 0 Å². The maximum Gasteiger partial charge on any atom is -0.0156 e. The average Bonchev–Trinajstić information content (AvgIpc) is 3.00. The second kappa shape index (κ2) is 2.98.